The Labute approximate surface area is 107 Å². The van der Waals surface area contributed by atoms with Crippen molar-refractivity contribution in [2.24, 2.45) is 0 Å². The lowest BCUT2D eigenvalue weighted by Crippen LogP contribution is -2.53. The first kappa shape index (κ1) is 12.8. The van der Waals surface area contributed by atoms with Crippen LogP contribution in [0.5, 0.6) is 0 Å². The maximum absolute atomic E-state index is 9.04. The molecule has 0 aromatic carbocycles. The number of hydrogen-bond donors (Lipinski definition) is 1. The topological polar surface area (TPSA) is 39.6 Å². The molecule has 4 nitrogen and oxygen atoms in total. The molecule has 0 radical (unpaired) electrons. The van der Waals surface area contributed by atoms with Crippen molar-refractivity contribution < 1.29 is 5.11 Å². The fourth-order valence-corrected chi connectivity index (χ4v) is 2.91. The van der Waals surface area contributed by atoms with Crippen LogP contribution in [0.2, 0.25) is 0 Å². The SMILES string of the molecule is CC(C)(C)N1CCN(c2ncc(CO)s2)CC1. The average molecular weight is 255 g/mol. The van der Waals surface area contributed by atoms with Crippen molar-refractivity contribution in [2.45, 2.75) is 32.9 Å². The molecule has 0 amide bonds. The molecule has 0 aliphatic carbocycles. The molecular formula is C12H21N3OS. The first-order chi connectivity index (χ1) is 8.00. The van der Waals surface area contributed by atoms with Crippen molar-refractivity contribution in [1.82, 2.24) is 9.88 Å². The van der Waals surface area contributed by atoms with Gasteiger partial charge in [-0.15, -0.1) is 0 Å². The summed E-state index contributed by atoms with van der Waals surface area (Å²) in [5, 5.41) is 10.1. The van der Waals surface area contributed by atoms with Gasteiger partial charge in [-0.2, -0.15) is 0 Å². The minimum absolute atomic E-state index is 0.0968. The molecule has 2 heterocycles. The maximum atomic E-state index is 9.04. The summed E-state index contributed by atoms with van der Waals surface area (Å²) in [6.45, 7) is 11.1. The molecule has 17 heavy (non-hydrogen) atoms. The van der Waals surface area contributed by atoms with Gasteiger partial charge in [0.2, 0.25) is 0 Å². The fraction of sp³-hybridized carbons (Fsp3) is 0.750. The Morgan fingerprint density at radius 3 is 2.41 bits per heavy atom. The summed E-state index contributed by atoms with van der Waals surface area (Å²) in [4.78, 5) is 10.1. The third kappa shape index (κ3) is 2.97. The zero-order valence-electron chi connectivity index (χ0n) is 10.8. The van der Waals surface area contributed by atoms with E-state index in [0.717, 1.165) is 36.2 Å². The lowest BCUT2D eigenvalue weighted by molar-refractivity contribution is 0.128. The highest BCUT2D eigenvalue weighted by molar-refractivity contribution is 7.15. The molecule has 0 bridgehead atoms. The molecule has 0 spiro atoms. The van der Waals surface area contributed by atoms with E-state index in [-0.39, 0.29) is 12.1 Å². The largest absolute Gasteiger partial charge is 0.391 e. The quantitative estimate of drug-likeness (QED) is 0.870. The smallest absolute Gasteiger partial charge is 0.185 e. The van der Waals surface area contributed by atoms with Crippen LogP contribution in [0, 0.1) is 0 Å². The molecule has 1 aromatic rings. The average Bonchev–Trinajstić information content (AvgIpc) is 2.76. The van der Waals surface area contributed by atoms with Crippen molar-refractivity contribution in [3.8, 4) is 0 Å². The lowest BCUT2D eigenvalue weighted by Gasteiger charge is -2.42. The minimum Gasteiger partial charge on any atom is -0.391 e. The van der Waals surface area contributed by atoms with Crippen LogP contribution in [0.1, 0.15) is 25.6 Å². The molecule has 1 aromatic heterocycles. The summed E-state index contributed by atoms with van der Waals surface area (Å²) in [7, 11) is 0. The van der Waals surface area contributed by atoms with Crippen molar-refractivity contribution >= 4 is 16.5 Å². The van der Waals surface area contributed by atoms with Crippen LogP contribution in [0.15, 0.2) is 6.20 Å². The monoisotopic (exact) mass is 255 g/mol. The molecular weight excluding hydrogens is 234 g/mol. The number of nitrogens with zero attached hydrogens (tertiary/aromatic N) is 3. The molecule has 0 atom stereocenters. The third-order valence-corrected chi connectivity index (χ3v) is 4.24. The molecule has 0 unspecified atom stereocenters. The number of rotatable bonds is 2. The van der Waals surface area contributed by atoms with Crippen molar-refractivity contribution in [3.63, 3.8) is 0 Å². The van der Waals surface area contributed by atoms with Crippen LogP contribution in [0.3, 0.4) is 0 Å². The van der Waals surface area contributed by atoms with E-state index in [9.17, 15) is 0 Å². The van der Waals surface area contributed by atoms with Gasteiger partial charge < -0.3 is 10.0 Å². The van der Waals surface area contributed by atoms with Gasteiger partial charge in [-0.1, -0.05) is 11.3 Å². The van der Waals surface area contributed by atoms with Crippen LogP contribution in [-0.4, -0.2) is 46.7 Å². The second-order valence-electron chi connectivity index (χ2n) is 5.41. The number of thiazole rings is 1. The van der Waals surface area contributed by atoms with Crippen LogP contribution in [0.25, 0.3) is 0 Å². The van der Waals surface area contributed by atoms with Gasteiger partial charge in [-0.3, -0.25) is 4.90 Å². The zero-order chi connectivity index (χ0) is 12.5. The molecule has 1 fully saturated rings. The van der Waals surface area contributed by atoms with E-state index in [0.29, 0.717) is 0 Å². The van der Waals surface area contributed by atoms with Gasteiger partial charge in [0, 0.05) is 37.9 Å². The molecule has 1 aliphatic rings. The Morgan fingerprint density at radius 2 is 1.94 bits per heavy atom. The number of anilines is 1. The van der Waals surface area contributed by atoms with Gasteiger partial charge in [0.05, 0.1) is 11.5 Å². The number of aliphatic hydroxyl groups is 1. The third-order valence-electron chi connectivity index (χ3n) is 3.20. The van der Waals surface area contributed by atoms with E-state index in [1.54, 1.807) is 17.5 Å². The van der Waals surface area contributed by atoms with E-state index >= 15 is 0 Å². The molecule has 1 saturated heterocycles. The van der Waals surface area contributed by atoms with E-state index in [1.807, 2.05) is 0 Å². The lowest BCUT2D eigenvalue weighted by atomic mass is 10.1. The number of hydrogen-bond acceptors (Lipinski definition) is 5. The predicted molar refractivity (Wildman–Crippen MR) is 71.6 cm³/mol. The van der Waals surface area contributed by atoms with Crippen molar-refractivity contribution in [3.05, 3.63) is 11.1 Å². The van der Waals surface area contributed by atoms with Gasteiger partial charge in [0.25, 0.3) is 0 Å². The van der Waals surface area contributed by atoms with E-state index < -0.39 is 0 Å². The van der Waals surface area contributed by atoms with Gasteiger partial charge in [0.15, 0.2) is 5.13 Å². The second kappa shape index (κ2) is 4.92. The van der Waals surface area contributed by atoms with Gasteiger partial charge in [-0.05, 0) is 20.8 Å². The number of aliphatic hydroxyl groups excluding tert-OH is 1. The number of piperazine rings is 1. The Bertz CT molecular complexity index is 364. The predicted octanol–water partition coefficient (Wildman–Crippen LogP) is 1.56. The highest BCUT2D eigenvalue weighted by atomic mass is 32.1. The van der Waals surface area contributed by atoms with Gasteiger partial charge in [-0.25, -0.2) is 4.98 Å². The van der Waals surface area contributed by atoms with Crippen LogP contribution in [-0.2, 0) is 6.61 Å². The van der Waals surface area contributed by atoms with E-state index in [4.69, 9.17) is 5.11 Å². The minimum atomic E-state index is 0.0968. The standard InChI is InChI=1S/C12H21N3OS/c1-12(2,3)15-6-4-14(5-7-15)11-13-8-10(9-16)17-11/h8,16H,4-7,9H2,1-3H3. The summed E-state index contributed by atoms with van der Waals surface area (Å²) in [6, 6.07) is 0. The van der Waals surface area contributed by atoms with Crippen molar-refractivity contribution in [2.75, 3.05) is 31.1 Å². The fourth-order valence-electron chi connectivity index (χ4n) is 2.09. The molecule has 1 N–H and O–H groups in total. The normalized spacial score (nSPS) is 18.7. The Kier molecular flexibility index (Phi) is 3.70. The Hall–Kier alpha value is -0.650. The summed E-state index contributed by atoms with van der Waals surface area (Å²) in [5.41, 5.74) is 0.255. The summed E-state index contributed by atoms with van der Waals surface area (Å²) in [6.07, 6.45) is 1.77. The van der Waals surface area contributed by atoms with E-state index in [2.05, 4.69) is 35.6 Å². The highest BCUT2D eigenvalue weighted by Gasteiger charge is 2.26. The Balaban J connectivity index is 1.95. The van der Waals surface area contributed by atoms with Crippen molar-refractivity contribution in [1.29, 1.82) is 0 Å². The maximum Gasteiger partial charge on any atom is 0.185 e. The molecule has 0 saturated carbocycles. The zero-order valence-corrected chi connectivity index (χ0v) is 11.6. The highest BCUT2D eigenvalue weighted by Crippen LogP contribution is 2.25. The Morgan fingerprint density at radius 1 is 1.29 bits per heavy atom. The first-order valence-electron chi connectivity index (χ1n) is 6.06. The first-order valence-corrected chi connectivity index (χ1v) is 6.88. The van der Waals surface area contributed by atoms with Gasteiger partial charge in [0.1, 0.15) is 0 Å². The van der Waals surface area contributed by atoms with E-state index in [1.165, 1.54) is 0 Å². The summed E-state index contributed by atoms with van der Waals surface area (Å²) in [5.74, 6) is 0. The molecule has 1 aliphatic heterocycles. The summed E-state index contributed by atoms with van der Waals surface area (Å²) >= 11 is 1.59. The molecule has 96 valence electrons. The molecule has 5 heteroatoms. The van der Waals surface area contributed by atoms with Crippen LogP contribution in [0.4, 0.5) is 5.13 Å². The molecule has 2 rings (SSSR count). The van der Waals surface area contributed by atoms with Crippen LogP contribution >= 0.6 is 11.3 Å². The number of aromatic nitrogens is 1. The summed E-state index contributed by atoms with van der Waals surface area (Å²) < 4.78 is 0. The second-order valence-corrected chi connectivity index (χ2v) is 6.51. The van der Waals surface area contributed by atoms with Gasteiger partial charge >= 0.3 is 0 Å². The van der Waals surface area contributed by atoms with Crippen LogP contribution < -0.4 is 4.90 Å².